The van der Waals surface area contributed by atoms with Gasteiger partial charge in [-0.25, -0.2) is 0 Å². The number of hydrogen-bond donors (Lipinski definition) is 0. The van der Waals surface area contributed by atoms with E-state index in [-0.39, 0.29) is 0 Å². The molecule has 0 nitrogen and oxygen atoms in total. The fourth-order valence-electron chi connectivity index (χ4n) is 2.91. The van der Waals surface area contributed by atoms with Gasteiger partial charge in [-0.2, -0.15) is 0 Å². The van der Waals surface area contributed by atoms with Crippen LogP contribution in [0.2, 0.25) is 0 Å². The second-order valence-electron chi connectivity index (χ2n) is 4.33. The molecule has 0 saturated heterocycles. The minimum atomic E-state index is 0.531. The van der Waals surface area contributed by atoms with Crippen molar-refractivity contribution in [3.05, 3.63) is 36.5 Å². The van der Waals surface area contributed by atoms with Gasteiger partial charge >= 0.3 is 0 Å². The van der Waals surface area contributed by atoms with Crippen molar-refractivity contribution in [1.82, 2.24) is 0 Å². The van der Waals surface area contributed by atoms with Gasteiger partial charge in [-0.1, -0.05) is 31.7 Å². The largest absolute Gasteiger partial charge is 0.0988 e. The first-order valence-electron chi connectivity index (χ1n) is 5.31. The van der Waals surface area contributed by atoms with Crippen LogP contribution >= 0.6 is 0 Å². The predicted octanol–water partition coefficient (Wildman–Crippen LogP) is 4.01. The smallest absolute Gasteiger partial charge is 0.00443 e. The molecule has 0 atom stereocenters. The molecule has 0 aromatic heterocycles. The summed E-state index contributed by atoms with van der Waals surface area (Å²) in [5, 5.41) is 0. The minimum absolute atomic E-state index is 0.531. The predicted molar refractivity (Wildman–Crippen MR) is 57.6 cm³/mol. The Balaban J connectivity index is 2.38. The van der Waals surface area contributed by atoms with Gasteiger partial charge in [0.25, 0.3) is 0 Å². The molecule has 0 heteroatoms. The Kier molecular flexibility index (Phi) is 2.15. The van der Waals surface area contributed by atoms with Crippen molar-refractivity contribution in [3.8, 4) is 0 Å². The third-order valence-corrected chi connectivity index (χ3v) is 3.78. The quantitative estimate of drug-likeness (QED) is 0.593. The molecule has 0 amide bonds. The zero-order valence-electron chi connectivity index (χ0n) is 8.31. The summed E-state index contributed by atoms with van der Waals surface area (Å²) in [4.78, 5) is 0. The first-order chi connectivity index (χ1) is 6.32. The molecule has 0 unspecified atom stereocenters. The Bertz CT molecular complexity index is 264. The van der Waals surface area contributed by atoms with Gasteiger partial charge < -0.3 is 0 Å². The van der Waals surface area contributed by atoms with Gasteiger partial charge in [0, 0.05) is 0 Å². The Hall–Kier alpha value is -0.780. The van der Waals surface area contributed by atoms with Crippen molar-refractivity contribution in [2.24, 2.45) is 5.41 Å². The normalized spacial score (nSPS) is 25.5. The molecule has 0 aromatic rings. The molecule has 2 rings (SSSR count). The summed E-state index contributed by atoms with van der Waals surface area (Å²) >= 11 is 0. The lowest BCUT2D eigenvalue weighted by atomic mass is 9.58. The van der Waals surface area contributed by atoms with Crippen LogP contribution in [0.15, 0.2) is 36.5 Å². The fourth-order valence-corrected chi connectivity index (χ4v) is 2.91. The highest BCUT2D eigenvalue weighted by atomic mass is 14.5. The van der Waals surface area contributed by atoms with Crippen molar-refractivity contribution in [3.63, 3.8) is 0 Å². The van der Waals surface area contributed by atoms with E-state index in [1.54, 1.807) is 0 Å². The van der Waals surface area contributed by atoms with E-state index in [9.17, 15) is 0 Å². The molecule has 70 valence electrons. The monoisotopic (exact) mass is 174 g/mol. The fraction of sp³-hybridized carbons (Fsp3) is 0.538. The summed E-state index contributed by atoms with van der Waals surface area (Å²) < 4.78 is 0. The van der Waals surface area contributed by atoms with Gasteiger partial charge in [-0.3, -0.25) is 0 Å². The molecule has 1 fully saturated rings. The molecule has 0 bridgehead atoms. The number of allylic oxidation sites excluding steroid dienone is 4. The van der Waals surface area contributed by atoms with Crippen molar-refractivity contribution < 1.29 is 0 Å². The third-order valence-electron chi connectivity index (χ3n) is 3.78. The maximum absolute atomic E-state index is 3.95. The molecule has 1 saturated carbocycles. The molecular formula is C13H18. The van der Waals surface area contributed by atoms with Crippen molar-refractivity contribution >= 4 is 0 Å². The standard InChI is InChI=1S/C13H18/c1-3-11-7-5-8-13(9-6-10-13)12(11)4-2/h3-4H,1-2,5-10H2. The zero-order chi connectivity index (χ0) is 9.31. The van der Waals surface area contributed by atoms with Crippen LogP contribution in [0, 0.1) is 5.41 Å². The van der Waals surface area contributed by atoms with E-state index in [4.69, 9.17) is 0 Å². The molecule has 0 N–H and O–H groups in total. The third kappa shape index (κ3) is 1.20. The average Bonchev–Trinajstić information content (AvgIpc) is 2.13. The Morgan fingerprint density at radius 3 is 2.15 bits per heavy atom. The van der Waals surface area contributed by atoms with Crippen molar-refractivity contribution in [2.75, 3.05) is 0 Å². The summed E-state index contributed by atoms with van der Waals surface area (Å²) in [7, 11) is 0. The van der Waals surface area contributed by atoms with E-state index < -0.39 is 0 Å². The molecule has 1 spiro atoms. The summed E-state index contributed by atoms with van der Waals surface area (Å²) in [6.07, 6.45) is 12.2. The van der Waals surface area contributed by atoms with E-state index in [1.165, 1.54) is 49.7 Å². The molecule has 0 aromatic carbocycles. The van der Waals surface area contributed by atoms with Crippen LogP contribution in [-0.4, -0.2) is 0 Å². The van der Waals surface area contributed by atoms with E-state index in [0.717, 1.165) is 0 Å². The van der Waals surface area contributed by atoms with Gasteiger partial charge in [0.2, 0.25) is 0 Å². The summed E-state index contributed by atoms with van der Waals surface area (Å²) in [5.74, 6) is 0. The molecule has 2 aliphatic carbocycles. The molecule has 0 heterocycles. The molecule has 2 aliphatic rings. The van der Waals surface area contributed by atoms with Crippen LogP contribution < -0.4 is 0 Å². The summed E-state index contributed by atoms with van der Waals surface area (Å²) in [6, 6.07) is 0. The van der Waals surface area contributed by atoms with Gasteiger partial charge in [0.1, 0.15) is 0 Å². The van der Waals surface area contributed by atoms with Crippen molar-refractivity contribution in [2.45, 2.75) is 38.5 Å². The van der Waals surface area contributed by atoms with Crippen LogP contribution in [0.3, 0.4) is 0 Å². The van der Waals surface area contributed by atoms with Crippen molar-refractivity contribution in [1.29, 1.82) is 0 Å². The zero-order valence-corrected chi connectivity index (χ0v) is 8.31. The van der Waals surface area contributed by atoms with Gasteiger partial charge in [0.05, 0.1) is 0 Å². The lowest BCUT2D eigenvalue weighted by Crippen LogP contribution is -2.33. The Labute approximate surface area is 81.0 Å². The van der Waals surface area contributed by atoms with Gasteiger partial charge in [-0.15, -0.1) is 0 Å². The maximum atomic E-state index is 3.95. The van der Waals surface area contributed by atoms with Gasteiger partial charge in [-0.05, 0) is 48.7 Å². The lowest BCUT2D eigenvalue weighted by molar-refractivity contribution is 0.161. The van der Waals surface area contributed by atoms with E-state index in [1.807, 2.05) is 6.08 Å². The molecule has 13 heavy (non-hydrogen) atoms. The second-order valence-corrected chi connectivity index (χ2v) is 4.33. The van der Waals surface area contributed by atoms with Crippen LogP contribution in [0.5, 0.6) is 0 Å². The first kappa shape index (κ1) is 8.80. The van der Waals surface area contributed by atoms with E-state index in [2.05, 4.69) is 19.2 Å². The highest BCUT2D eigenvalue weighted by Crippen LogP contribution is 2.54. The van der Waals surface area contributed by atoms with Crippen LogP contribution in [0.25, 0.3) is 0 Å². The van der Waals surface area contributed by atoms with Crippen LogP contribution in [0.4, 0.5) is 0 Å². The number of rotatable bonds is 2. The topological polar surface area (TPSA) is 0 Å². The maximum Gasteiger partial charge on any atom is -0.00443 e. The Morgan fingerprint density at radius 2 is 1.69 bits per heavy atom. The highest BCUT2D eigenvalue weighted by molar-refractivity contribution is 5.39. The van der Waals surface area contributed by atoms with Crippen LogP contribution in [-0.2, 0) is 0 Å². The molecule has 0 radical (unpaired) electrons. The SMILES string of the molecule is C=CC1=C(C=C)C2(CCC1)CCC2. The van der Waals surface area contributed by atoms with Gasteiger partial charge in [0.15, 0.2) is 0 Å². The molecule has 0 aliphatic heterocycles. The average molecular weight is 174 g/mol. The minimum Gasteiger partial charge on any atom is -0.0988 e. The van der Waals surface area contributed by atoms with E-state index >= 15 is 0 Å². The summed E-state index contributed by atoms with van der Waals surface area (Å²) in [5.41, 5.74) is 3.50. The number of hydrogen-bond acceptors (Lipinski definition) is 0. The van der Waals surface area contributed by atoms with Crippen LogP contribution in [0.1, 0.15) is 38.5 Å². The molecular weight excluding hydrogens is 156 g/mol. The highest BCUT2D eigenvalue weighted by Gasteiger charge is 2.41. The first-order valence-corrected chi connectivity index (χ1v) is 5.31. The van der Waals surface area contributed by atoms with E-state index in [0.29, 0.717) is 5.41 Å². The Morgan fingerprint density at radius 1 is 1.00 bits per heavy atom. The lowest BCUT2D eigenvalue weighted by Gasteiger charge is -2.46. The summed E-state index contributed by atoms with van der Waals surface area (Å²) in [6.45, 7) is 7.86. The second kappa shape index (κ2) is 3.17.